The van der Waals surface area contributed by atoms with Crippen LogP contribution in [0.25, 0.3) is 0 Å². The number of hydrogen-bond donors (Lipinski definition) is 3. The van der Waals surface area contributed by atoms with E-state index < -0.39 is 6.03 Å². The third-order valence-corrected chi connectivity index (χ3v) is 6.27. The van der Waals surface area contributed by atoms with E-state index in [-0.39, 0.29) is 5.91 Å². The molecule has 1 heterocycles. The Balaban J connectivity index is 1.59. The zero-order valence-electron chi connectivity index (χ0n) is 22.1. The molecule has 3 amide bonds. The van der Waals surface area contributed by atoms with E-state index in [4.69, 9.17) is 21.1 Å². The molecule has 1 aliphatic rings. The zero-order chi connectivity index (χ0) is 27.5. The lowest BCUT2D eigenvalue weighted by atomic mass is 10.2. The summed E-state index contributed by atoms with van der Waals surface area (Å²) in [7, 11) is 1.56. The van der Waals surface area contributed by atoms with Crippen LogP contribution in [0.5, 0.6) is 11.5 Å². The smallest absolute Gasteiger partial charge is 0.323 e. The number of likely N-dealkylation sites (N-methyl/N-ethyl adjacent to an activating group) is 2. The average molecular weight is 540 g/mol. The second-order valence-electron chi connectivity index (χ2n) is 8.46. The van der Waals surface area contributed by atoms with Gasteiger partial charge in [0.25, 0.3) is 5.91 Å². The SMILES string of the molecule is CCN(CC)CCOc1cc(Cl)c(C)cc1NC(=O)Nc1ccc(OC2=CC=NC(C(=O)NC)=CC2)cc1. The lowest BCUT2D eigenvalue weighted by molar-refractivity contribution is -0.117. The minimum Gasteiger partial charge on any atom is -0.490 e. The fraction of sp³-hybridized carbons (Fsp3) is 0.321. The van der Waals surface area contributed by atoms with E-state index in [1.54, 1.807) is 55.6 Å². The van der Waals surface area contributed by atoms with Crippen molar-refractivity contribution in [3.63, 3.8) is 0 Å². The maximum absolute atomic E-state index is 12.7. The molecule has 2 aromatic rings. The maximum atomic E-state index is 12.7. The molecule has 0 radical (unpaired) electrons. The molecule has 9 nitrogen and oxygen atoms in total. The lowest BCUT2D eigenvalue weighted by Crippen LogP contribution is -2.28. The molecular formula is C28H34ClN5O4. The Bertz CT molecular complexity index is 1220. The number of hydrogen-bond acceptors (Lipinski definition) is 6. The monoisotopic (exact) mass is 539 g/mol. The summed E-state index contributed by atoms with van der Waals surface area (Å²) in [6, 6.07) is 10.1. The number of carbonyl (C=O) groups is 2. The van der Waals surface area contributed by atoms with Crippen LogP contribution in [0.1, 0.15) is 25.8 Å². The van der Waals surface area contributed by atoms with Crippen molar-refractivity contribution in [1.29, 1.82) is 0 Å². The number of nitrogens with one attached hydrogen (secondary N) is 3. The van der Waals surface area contributed by atoms with E-state index >= 15 is 0 Å². The van der Waals surface area contributed by atoms with E-state index in [2.05, 4.69) is 39.7 Å². The number of aryl methyl sites for hydroxylation is 1. The number of halogens is 1. The number of benzene rings is 2. The molecule has 0 saturated heterocycles. The van der Waals surface area contributed by atoms with Crippen LogP contribution in [0.15, 0.2) is 65.0 Å². The Kier molecular flexibility index (Phi) is 10.7. The molecule has 0 saturated carbocycles. The molecule has 38 heavy (non-hydrogen) atoms. The molecule has 0 aliphatic carbocycles. The third kappa shape index (κ3) is 8.36. The molecule has 0 atom stereocenters. The Labute approximate surface area is 228 Å². The Morgan fingerprint density at radius 1 is 1.11 bits per heavy atom. The Morgan fingerprint density at radius 3 is 2.53 bits per heavy atom. The molecule has 2 aromatic carbocycles. The maximum Gasteiger partial charge on any atom is 0.323 e. The highest BCUT2D eigenvalue weighted by Gasteiger charge is 2.13. The van der Waals surface area contributed by atoms with Gasteiger partial charge in [-0.05, 0) is 68.1 Å². The average Bonchev–Trinajstić information content (AvgIpc) is 3.15. The van der Waals surface area contributed by atoms with Crippen LogP contribution in [-0.2, 0) is 4.79 Å². The molecule has 3 rings (SSSR count). The predicted octanol–water partition coefficient (Wildman–Crippen LogP) is 5.38. The number of amides is 3. The van der Waals surface area contributed by atoms with Crippen LogP contribution in [-0.4, -0.2) is 56.3 Å². The Hall–Kier alpha value is -3.82. The second-order valence-corrected chi connectivity index (χ2v) is 8.87. The Morgan fingerprint density at radius 2 is 1.84 bits per heavy atom. The molecule has 0 unspecified atom stereocenters. The first kappa shape index (κ1) is 28.7. The van der Waals surface area contributed by atoms with E-state index in [1.807, 2.05) is 6.92 Å². The molecule has 1 aliphatic heterocycles. The molecule has 0 fully saturated rings. The van der Waals surface area contributed by atoms with Crippen LogP contribution in [0.3, 0.4) is 0 Å². The first-order valence-corrected chi connectivity index (χ1v) is 12.9. The van der Waals surface area contributed by atoms with Gasteiger partial charge in [-0.1, -0.05) is 25.4 Å². The molecule has 0 spiro atoms. The molecule has 10 heteroatoms. The van der Waals surface area contributed by atoms with Crippen molar-refractivity contribution in [3.05, 3.63) is 70.6 Å². The van der Waals surface area contributed by atoms with Crippen LogP contribution < -0.4 is 25.4 Å². The van der Waals surface area contributed by atoms with Crippen molar-refractivity contribution in [2.45, 2.75) is 27.2 Å². The summed E-state index contributed by atoms with van der Waals surface area (Å²) >= 11 is 6.31. The van der Waals surface area contributed by atoms with Gasteiger partial charge < -0.3 is 30.3 Å². The summed E-state index contributed by atoms with van der Waals surface area (Å²) in [5, 5.41) is 8.79. The van der Waals surface area contributed by atoms with Gasteiger partial charge in [0, 0.05) is 43.0 Å². The van der Waals surface area contributed by atoms with E-state index in [1.165, 1.54) is 6.21 Å². The summed E-state index contributed by atoms with van der Waals surface area (Å²) < 4.78 is 11.9. The van der Waals surface area contributed by atoms with Crippen LogP contribution in [0.2, 0.25) is 5.02 Å². The molecule has 3 N–H and O–H groups in total. The van der Waals surface area contributed by atoms with Gasteiger partial charge in [-0.3, -0.25) is 9.79 Å². The highest BCUT2D eigenvalue weighted by atomic mass is 35.5. The summed E-state index contributed by atoms with van der Waals surface area (Å²) in [4.78, 5) is 30.9. The minimum atomic E-state index is -0.413. The normalized spacial score (nSPS) is 12.8. The highest BCUT2D eigenvalue weighted by molar-refractivity contribution is 6.31. The van der Waals surface area contributed by atoms with Crippen molar-refractivity contribution >= 4 is 41.1 Å². The number of allylic oxidation sites excluding steroid dienone is 2. The standard InChI is InChI=1S/C28H34ClN5O4/c1-5-34(6-2)15-16-37-26-18-23(29)19(3)17-25(26)33-28(36)32-20-7-9-21(10-8-20)38-22-11-12-24(27(35)30-4)31-14-13-22/h7-10,12-14,17-18H,5-6,11,15-16H2,1-4H3,(H,30,35)(H2,32,33,36). The summed E-state index contributed by atoms with van der Waals surface area (Å²) in [6.07, 6.45) is 5.37. The van der Waals surface area contributed by atoms with Crippen molar-refractivity contribution in [3.8, 4) is 11.5 Å². The molecular weight excluding hydrogens is 506 g/mol. The fourth-order valence-electron chi connectivity index (χ4n) is 3.62. The van der Waals surface area contributed by atoms with Crippen molar-refractivity contribution in [2.75, 3.05) is 43.9 Å². The summed E-state index contributed by atoms with van der Waals surface area (Å²) in [5.74, 6) is 1.49. The van der Waals surface area contributed by atoms with E-state index in [9.17, 15) is 9.59 Å². The third-order valence-electron chi connectivity index (χ3n) is 5.86. The number of anilines is 2. The minimum absolute atomic E-state index is 0.253. The molecule has 0 aromatic heterocycles. The summed E-state index contributed by atoms with van der Waals surface area (Å²) in [6.45, 7) is 9.20. The van der Waals surface area contributed by atoms with Gasteiger partial charge in [0.15, 0.2) is 0 Å². The predicted molar refractivity (Wildman–Crippen MR) is 153 cm³/mol. The highest BCUT2D eigenvalue weighted by Crippen LogP contribution is 2.31. The van der Waals surface area contributed by atoms with Crippen molar-refractivity contribution < 1.29 is 19.1 Å². The van der Waals surface area contributed by atoms with Crippen molar-refractivity contribution in [1.82, 2.24) is 10.2 Å². The van der Waals surface area contributed by atoms with Gasteiger partial charge in [-0.15, -0.1) is 0 Å². The summed E-state index contributed by atoms with van der Waals surface area (Å²) in [5.41, 5.74) is 2.29. The first-order valence-electron chi connectivity index (χ1n) is 12.5. The molecule has 202 valence electrons. The van der Waals surface area contributed by atoms with Crippen molar-refractivity contribution in [2.24, 2.45) is 4.99 Å². The lowest BCUT2D eigenvalue weighted by Gasteiger charge is -2.19. The van der Waals surface area contributed by atoms with Gasteiger partial charge in [0.2, 0.25) is 0 Å². The quantitative estimate of drug-likeness (QED) is 0.355. The topological polar surface area (TPSA) is 104 Å². The molecule has 0 bridgehead atoms. The first-order chi connectivity index (χ1) is 18.3. The fourth-order valence-corrected chi connectivity index (χ4v) is 3.77. The van der Waals surface area contributed by atoms with E-state index in [0.29, 0.717) is 52.4 Å². The number of nitrogens with zero attached hydrogens (tertiary/aromatic N) is 2. The number of ether oxygens (including phenoxy) is 2. The van der Waals surface area contributed by atoms with Crippen LogP contribution >= 0.6 is 11.6 Å². The van der Waals surface area contributed by atoms with Gasteiger partial charge in [0.1, 0.15) is 29.6 Å². The van der Waals surface area contributed by atoms with Gasteiger partial charge in [-0.25, -0.2) is 4.79 Å². The van der Waals surface area contributed by atoms with Crippen LogP contribution in [0, 0.1) is 6.92 Å². The zero-order valence-corrected chi connectivity index (χ0v) is 22.9. The number of urea groups is 1. The van der Waals surface area contributed by atoms with Crippen LogP contribution in [0.4, 0.5) is 16.2 Å². The number of rotatable bonds is 11. The largest absolute Gasteiger partial charge is 0.490 e. The van der Waals surface area contributed by atoms with E-state index in [0.717, 1.165) is 25.2 Å². The second kappa shape index (κ2) is 14.2. The number of carbonyl (C=O) groups excluding carboxylic acids is 2. The van der Waals surface area contributed by atoms with Gasteiger partial charge in [0.05, 0.1) is 5.69 Å². The van der Waals surface area contributed by atoms with Gasteiger partial charge >= 0.3 is 6.03 Å². The van der Waals surface area contributed by atoms with Gasteiger partial charge in [-0.2, -0.15) is 0 Å². The number of aliphatic imine (C=N–C) groups is 1.